The van der Waals surface area contributed by atoms with Gasteiger partial charge in [0.1, 0.15) is 0 Å². The van der Waals surface area contributed by atoms with Crippen LogP contribution in [0.3, 0.4) is 0 Å². The molecule has 1 spiro atoms. The van der Waals surface area contributed by atoms with Crippen molar-refractivity contribution in [1.29, 1.82) is 0 Å². The first-order chi connectivity index (χ1) is 11.0. The first-order valence-electron chi connectivity index (χ1n) is 7.96. The number of benzene rings is 1. The smallest absolute Gasteiger partial charge is 0.407 e. The number of hydrogen-bond donors (Lipinski definition) is 1. The van der Waals surface area contributed by atoms with Gasteiger partial charge >= 0.3 is 6.09 Å². The molecule has 23 heavy (non-hydrogen) atoms. The number of rotatable bonds is 2. The number of carboxylic acid groups (broad SMARTS) is 1. The van der Waals surface area contributed by atoms with Crippen LogP contribution in [0.1, 0.15) is 46.4 Å². The van der Waals surface area contributed by atoms with E-state index in [0.717, 1.165) is 25.7 Å². The van der Waals surface area contributed by atoms with Gasteiger partial charge in [-0.3, -0.25) is 14.5 Å². The molecule has 0 radical (unpaired) electrons. The Bertz CT molecular complexity index is 675. The average molecular weight is 314 g/mol. The first kappa shape index (κ1) is 14.2. The van der Waals surface area contributed by atoms with Crippen molar-refractivity contribution >= 4 is 17.9 Å². The molecule has 1 atom stereocenters. The summed E-state index contributed by atoms with van der Waals surface area (Å²) in [5, 5.41) is 9.42. The second-order valence-electron chi connectivity index (χ2n) is 6.85. The van der Waals surface area contributed by atoms with E-state index >= 15 is 0 Å². The third kappa shape index (κ3) is 2.20. The molecule has 2 aliphatic heterocycles. The maximum absolute atomic E-state index is 12.5. The van der Waals surface area contributed by atoms with Gasteiger partial charge in [0.05, 0.1) is 17.2 Å². The predicted octanol–water partition coefficient (Wildman–Crippen LogP) is 2.21. The lowest BCUT2D eigenvalue weighted by Gasteiger charge is -2.39. The van der Waals surface area contributed by atoms with Crippen LogP contribution in [0.4, 0.5) is 4.79 Å². The summed E-state index contributed by atoms with van der Waals surface area (Å²) in [7, 11) is 0. The molecule has 3 amide bonds. The van der Waals surface area contributed by atoms with Crippen molar-refractivity contribution in [3.8, 4) is 0 Å². The summed E-state index contributed by atoms with van der Waals surface area (Å²) in [6.45, 7) is 0.642. The zero-order valence-corrected chi connectivity index (χ0v) is 12.7. The second-order valence-corrected chi connectivity index (χ2v) is 6.85. The minimum Gasteiger partial charge on any atom is -0.465 e. The number of carbonyl (C=O) groups is 3. The third-order valence-corrected chi connectivity index (χ3v) is 5.47. The van der Waals surface area contributed by atoms with Crippen molar-refractivity contribution in [1.82, 2.24) is 9.80 Å². The standard InChI is InChI=1S/C17H18N2O4/c20-14-12-3-1-2-4-13(12)15(21)19(14)10-11-9-17(5-6-17)7-8-18(11)16(22)23/h1-4,11H,5-10H2,(H,22,23)/t11-/m0/s1. The predicted molar refractivity (Wildman–Crippen MR) is 81.2 cm³/mol. The van der Waals surface area contributed by atoms with Gasteiger partial charge in [0, 0.05) is 13.1 Å². The van der Waals surface area contributed by atoms with Crippen LogP contribution in [-0.2, 0) is 0 Å². The van der Waals surface area contributed by atoms with Crippen molar-refractivity contribution in [3.05, 3.63) is 35.4 Å². The summed E-state index contributed by atoms with van der Waals surface area (Å²) in [4.78, 5) is 39.0. The van der Waals surface area contributed by atoms with Gasteiger partial charge in [-0.1, -0.05) is 12.1 Å². The number of nitrogens with zero attached hydrogens (tertiary/aromatic N) is 2. The van der Waals surface area contributed by atoms with Crippen molar-refractivity contribution in [2.24, 2.45) is 5.41 Å². The Labute approximate surface area is 133 Å². The molecule has 0 bridgehead atoms. The van der Waals surface area contributed by atoms with E-state index in [9.17, 15) is 19.5 Å². The number of hydrogen-bond acceptors (Lipinski definition) is 3. The van der Waals surface area contributed by atoms with E-state index in [0.29, 0.717) is 17.7 Å². The monoisotopic (exact) mass is 314 g/mol. The van der Waals surface area contributed by atoms with Gasteiger partial charge < -0.3 is 10.0 Å². The highest BCUT2D eigenvalue weighted by atomic mass is 16.4. The number of imide groups is 1. The Morgan fingerprint density at radius 2 is 1.74 bits per heavy atom. The first-order valence-corrected chi connectivity index (χ1v) is 7.96. The van der Waals surface area contributed by atoms with Crippen LogP contribution >= 0.6 is 0 Å². The zero-order valence-electron chi connectivity index (χ0n) is 12.7. The Balaban J connectivity index is 1.58. The number of carbonyl (C=O) groups excluding carboxylic acids is 2. The van der Waals surface area contributed by atoms with E-state index in [1.807, 2.05) is 0 Å². The summed E-state index contributed by atoms with van der Waals surface area (Å²) in [6.07, 6.45) is 2.91. The fourth-order valence-electron chi connectivity index (χ4n) is 3.91. The molecule has 1 saturated heterocycles. The fraction of sp³-hybridized carbons (Fsp3) is 0.471. The molecule has 2 fully saturated rings. The van der Waals surface area contributed by atoms with Crippen LogP contribution in [-0.4, -0.2) is 51.9 Å². The zero-order chi connectivity index (χ0) is 16.2. The summed E-state index contributed by atoms with van der Waals surface area (Å²) in [6, 6.07) is 6.46. The summed E-state index contributed by atoms with van der Waals surface area (Å²) < 4.78 is 0. The van der Waals surface area contributed by atoms with Gasteiger partial charge in [0.25, 0.3) is 11.8 Å². The fourth-order valence-corrected chi connectivity index (χ4v) is 3.91. The maximum Gasteiger partial charge on any atom is 0.407 e. The molecule has 1 aromatic carbocycles. The van der Waals surface area contributed by atoms with E-state index < -0.39 is 6.09 Å². The van der Waals surface area contributed by atoms with Crippen LogP contribution in [0.25, 0.3) is 0 Å². The molecule has 1 N–H and O–H groups in total. The second kappa shape index (κ2) is 4.81. The van der Waals surface area contributed by atoms with Crippen LogP contribution in [0, 0.1) is 5.41 Å². The number of amides is 3. The van der Waals surface area contributed by atoms with Gasteiger partial charge in [-0.25, -0.2) is 4.79 Å². The lowest BCUT2D eigenvalue weighted by molar-refractivity contribution is 0.0469. The van der Waals surface area contributed by atoms with Crippen LogP contribution in [0.2, 0.25) is 0 Å². The summed E-state index contributed by atoms with van der Waals surface area (Å²) in [5.41, 5.74) is 1.07. The van der Waals surface area contributed by atoms with Gasteiger partial charge in [-0.05, 0) is 43.2 Å². The highest BCUT2D eigenvalue weighted by Gasteiger charge is 2.50. The van der Waals surface area contributed by atoms with Gasteiger partial charge in [-0.2, -0.15) is 0 Å². The number of fused-ring (bicyclic) bond motifs is 1. The highest BCUT2D eigenvalue weighted by molar-refractivity contribution is 6.21. The maximum atomic E-state index is 12.5. The molecule has 0 unspecified atom stereocenters. The summed E-state index contributed by atoms with van der Waals surface area (Å²) in [5.74, 6) is -0.627. The molecule has 4 rings (SSSR count). The molecule has 120 valence electrons. The van der Waals surface area contributed by atoms with Crippen LogP contribution < -0.4 is 0 Å². The highest BCUT2D eigenvalue weighted by Crippen LogP contribution is 2.55. The minimum atomic E-state index is -0.970. The van der Waals surface area contributed by atoms with Crippen molar-refractivity contribution in [2.75, 3.05) is 13.1 Å². The molecular weight excluding hydrogens is 296 g/mol. The van der Waals surface area contributed by atoms with Gasteiger partial charge in [0.2, 0.25) is 0 Å². The SMILES string of the molecule is O=C1c2ccccc2C(=O)N1C[C@@H]1CC2(CCN1C(=O)O)CC2. The van der Waals surface area contributed by atoms with E-state index in [-0.39, 0.29) is 29.8 Å². The summed E-state index contributed by atoms with van der Waals surface area (Å²) >= 11 is 0. The molecule has 1 aliphatic carbocycles. The number of likely N-dealkylation sites (tertiary alicyclic amines) is 1. The van der Waals surface area contributed by atoms with E-state index in [2.05, 4.69) is 0 Å². The van der Waals surface area contributed by atoms with E-state index in [1.165, 1.54) is 9.80 Å². The van der Waals surface area contributed by atoms with Crippen molar-refractivity contribution < 1.29 is 19.5 Å². The van der Waals surface area contributed by atoms with E-state index in [1.54, 1.807) is 24.3 Å². The topological polar surface area (TPSA) is 77.9 Å². The minimum absolute atomic E-state index is 0.153. The Kier molecular flexibility index (Phi) is 2.98. The van der Waals surface area contributed by atoms with Gasteiger partial charge in [0.15, 0.2) is 0 Å². The molecule has 1 saturated carbocycles. The van der Waals surface area contributed by atoms with Crippen LogP contribution in [0.15, 0.2) is 24.3 Å². The van der Waals surface area contributed by atoms with Gasteiger partial charge in [-0.15, -0.1) is 0 Å². The molecule has 0 aromatic heterocycles. The Morgan fingerprint density at radius 3 is 2.26 bits per heavy atom. The average Bonchev–Trinajstić information content (AvgIpc) is 3.24. The molecule has 3 aliphatic rings. The molecular formula is C17H18N2O4. The Hall–Kier alpha value is -2.37. The lowest BCUT2D eigenvalue weighted by Crippen LogP contribution is -2.52. The lowest BCUT2D eigenvalue weighted by atomic mass is 9.88. The molecule has 1 aromatic rings. The van der Waals surface area contributed by atoms with Crippen molar-refractivity contribution in [2.45, 2.75) is 31.7 Å². The number of piperidine rings is 1. The molecule has 6 nitrogen and oxygen atoms in total. The van der Waals surface area contributed by atoms with E-state index in [4.69, 9.17) is 0 Å². The molecule has 6 heteroatoms. The largest absolute Gasteiger partial charge is 0.465 e. The van der Waals surface area contributed by atoms with Crippen LogP contribution in [0.5, 0.6) is 0 Å². The van der Waals surface area contributed by atoms with Crippen molar-refractivity contribution in [3.63, 3.8) is 0 Å². The normalized spacial score (nSPS) is 25.0. The quantitative estimate of drug-likeness (QED) is 0.849. The molecule has 2 heterocycles. The third-order valence-electron chi connectivity index (χ3n) is 5.47. The Morgan fingerprint density at radius 1 is 1.13 bits per heavy atom.